The second-order valence-electron chi connectivity index (χ2n) is 2.67. The molecule has 1 saturated carbocycles. The maximum Gasteiger partial charge on any atom is 0.401 e. The summed E-state index contributed by atoms with van der Waals surface area (Å²) >= 11 is 0. The molecule has 1 aliphatic carbocycles. The first-order valence-corrected chi connectivity index (χ1v) is 2.91. The van der Waals surface area contributed by atoms with Crippen molar-refractivity contribution in [3.05, 3.63) is 0 Å². The molecule has 11 heavy (non-hydrogen) atoms. The standard InChI is InChI=1S/C5H6F5N/c6-4(7)1-3(4,2-11)5(8,9)10/h1-2,11H2. The summed E-state index contributed by atoms with van der Waals surface area (Å²) in [6.07, 6.45) is -6.05. The molecule has 2 N–H and O–H groups in total. The fourth-order valence-electron chi connectivity index (χ4n) is 0.980. The van der Waals surface area contributed by atoms with Crippen LogP contribution in [0.5, 0.6) is 0 Å². The molecule has 0 aromatic heterocycles. The zero-order valence-corrected chi connectivity index (χ0v) is 5.38. The molecule has 1 unspecified atom stereocenters. The van der Waals surface area contributed by atoms with Crippen LogP contribution in [0.1, 0.15) is 6.42 Å². The van der Waals surface area contributed by atoms with Crippen LogP contribution in [0.25, 0.3) is 0 Å². The summed E-state index contributed by atoms with van der Waals surface area (Å²) in [5, 5.41) is 0. The number of hydrogen-bond acceptors (Lipinski definition) is 1. The Morgan fingerprint density at radius 1 is 1.27 bits per heavy atom. The van der Waals surface area contributed by atoms with Crippen molar-refractivity contribution in [2.75, 3.05) is 6.54 Å². The minimum Gasteiger partial charge on any atom is -0.329 e. The Kier molecular flexibility index (Phi) is 1.47. The molecule has 0 radical (unpaired) electrons. The molecule has 1 nitrogen and oxygen atoms in total. The van der Waals surface area contributed by atoms with E-state index in [9.17, 15) is 22.0 Å². The van der Waals surface area contributed by atoms with E-state index in [0.717, 1.165) is 0 Å². The van der Waals surface area contributed by atoms with Gasteiger partial charge < -0.3 is 5.73 Å². The number of rotatable bonds is 1. The van der Waals surface area contributed by atoms with Gasteiger partial charge in [-0.05, 0) is 0 Å². The lowest BCUT2D eigenvalue weighted by Crippen LogP contribution is -2.37. The average Bonchev–Trinajstić information content (AvgIpc) is 2.33. The molecule has 0 aliphatic heterocycles. The highest BCUT2D eigenvalue weighted by Gasteiger charge is 2.82. The van der Waals surface area contributed by atoms with E-state index in [-0.39, 0.29) is 0 Å². The maximum absolute atomic E-state index is 12.1. The van der Waals surface area contributed by atoms with E-state index in [2.05, 4.69) is 5.73 Å². The Morgan fingerprint density at radius 2 is 1.64 bits per heavy atom. The Hall–Kier alpha value is -0.390. The van der Waals surface area contributed by atoms with Crippen molar-refractivity contribution >= 4 is 0 Å². The largest absolute Gasteiger partial charge is 0.401 e. The Bertz CT molecular complexity index is 174. The number of hydrogen-bond donors (Lipinski definition) is 1. The second-order valence-corrected chi connectivity index (χ2v) is 2.67. The van der Waals surface area contributed by atoms with Crippen molar-refractivity contribution in [3.63, 3.8) is 0 Å². The minimum atomic E-state index is -4.88. The third-order valence-corrected chi connectivity index (χ3v) is 1.99. The summed E-state index contributed by atoms with van der Waals surface area (Å²) in [5.74, 6) is -3.65. The molecule has 1 atom stereocenters. The highest BCUT2D eigenvalue weighted by Crippen LogP contribution is 2.67. The van der Waals surface area contributed by atoms with E-state index < -0.39 is 30.5 Å². The summed E-state index contributed by atoms with van der Waals surface area (Å²) in [6.45, 7) is -1.04. The van der Waals surface area contributed by atoms with Crippen molar-refractivity contribution in [2.45, 2.75) is 18.5 Å². The minimum absolute atomic E-state index is 1.04. The van der Waals surface area contributed by atoms with E-state index in [0.29, 0.717) is 0 Å². The lowest BCUT2D eigenvalue weighted by molar-refractivity contribution is -0.208. The van der Waals surface area contributed by atoms with Gasteiger partial charge in [-0.3, -0.25) is 0 Å². The van der Waals surface area contributed by atoms with Crippen LogP contribution < -0.4 is 5.73 Å². The van der Waals surface area contributed by atoms with Crippen molar-refractivity contribution in [3.8, 4) is 0 Å². The third kappa shape index (κ3) is 0.919. The highest BCUT2D eigenvalue weighted by atomic mass is 19.4. The van der Waals surface area contributed by atoms with Crippen LogP contribution in [-0.4, -0.2) is 18.6 Å². The monoisotopic (exact) mass is 175 g/mol. The van der Waals surface area contributed by atoms with Crippen LogP contribution in [0.4, 0.5) is 22.0 Å². The van der Waals surface area contributed by atoms with Crippen LogP contribution in [-0.2, 0) is 0 Å². The van der Waals surface area contributed by atoms with Gasteiger partial charge in [-0.25, -0.2) is 8.78 Å². The molecule has 0 aromatic carbocycles. The normalized spacial score (nSPS) is 35.5. The molecule has 0 amide bonds. The van der Waals surface area contributed by atoms with Crippen molar-refractivity contribution in [2.24, 2.45) is 11.1 Å². The molecule has 6 heteroatoms. The van der Waals surface area contributed by atoms with Gasteiger partial charge in [-0.15, -0.1) is 0 Å². The Labute approximate surface area is 59.4 Å². The van der Waals surface area contributed by atoms with Crippen LogP contribution in [0, 0.1) is 5.41 Å². The fraction of sp³-hybridized carbons (Fsp3) is 1.00. The molecule has 0 aromatic rings. The van der Waals surface area contributed by atoms with Gasteiger partial charge in [0.2, 0.25) is 0 Å². The van der Waals surface area contributed by atoms with Gasteiger partial charge in [-0.1, -0.05) is 0 Å². The van der Waals surface area contributed by atoms with Gasteiger partial charge >= 0.3 is 6.18 Å². The molecule has 1 fully saturated rings. The van der Waals surface area contributed by atoms with Crippen LogP contribution in [0.2, 0.25) is 0 Å². The first-order chi connectivity index (χ1) is 4.77. The topological polar surface area (TPSA) is 26.0 Å². The summed E-state index contributed by atoms with van der Waals surface area (Å²) in [6, 6.07) is 0. The SMILES string of the molecule is NCC1(C(F)(F)F)CC1(F)F. The van der Waals surface area contributed by atoms with Crippen LogP contribution in [0.15, 0.2) is 0 Å². The average molecular weight is 175 g/mol. The summed E-state index contributed by atoms with van der Waals surface area (Å²) in [4.78, 5) is 0. The predicted molar refractivity (Wildman–Crippen MR) is 27.1 cm³/mol. The van der Waals surface area contributed by atoms with Crippen molar-refractivity contribution in [1.82, 2.24) is 0 Å². The smallest absolute Gasteiger partial charge is 0.329 e. The van der Waals surface area contributed by atoms with Gasteiger partial charge in [-0.2, -0.15) is 13.2 Å². The zero-order valence-electron chi connectivity index (χ0n) is 5.38. The predicted octanol–water partition coefficient (Wildman–Crippen LogP) is 1.53. The Morgan fingerprint density at radius 3 is 1.64 bits per heavy atom. The number of halogens is 5. The summed E-state index contributed by atoms with van der Waals surface area (Å²) in [5.41, 5.74) is 1.70. The fourth-order valence-corrected chi connectivity index (χ4v) is 0.980. The summed E-state index contributed by atoms with van der Waals surface area (Å²) < 4.78 is 59.8. The lowest BCUT2D eigenvalue weighted by Gasteiger charge is -2.17. The van der Waals surface area contributed by atoms with E-state index in [1.807, 2.05) is 0 Å². The summed E-state index contributed by atoms with van der Waals surface area (Å²) in [7, 11) is 0. The van der Waals surface area contributed by atoms with Gasteiger partial charge in [0.15, 0.2) is 0 Å². The molecular formula is C5H6F5N. The second kappa shape index (κ2) is 1.85. The maximum atomic E-state index is 12.1. The molecule has 0 heterocycles. The molecule has 1 aliphatic rings. The van der Waals surface area contributed by atoms with E-state index in [1.165, 1.54) is 0 Å². The number of nitrogens with two attached hydrogens (primary N) is 1. The molecule has 66 valence electrons. The van der Waals surface area contributed by atoms with E-state index >= 15 is 0 Å². The third-order valence-electron chi connectivity index (χ3n) is 1.99. The van der Waals surface area contributed by atoms with Gasteiger partial charge in [0.25, 0.3) is 5.92 Å². The van der Waals surface area contributed by atoms with Crippen molar-refractivity contribution < 1.29 is 22.0 Å². The van der Waals surface area contributed by atoms with E-state index in [1.54, 1.807) is 0 Å². The molecule has 1 rings (SSSR count). The molecule has 0 spiro atoms. The molecule has 0 bridgehead atoms. The van der Waals surface area contributed by atoms with Gasteiger partial charge in [0.05, 0.1) is 0 Å². The van der Waals surface area contributed by atoms with Crippen LogP contribution in [0.3, 0.4) is 0 Å². The van der Waals surface area contributed by atoms with E-state index in [4.69, 9.17) is 0 Å². The Balaban J connectivity index is 2.84. The lowest BCUT2D eigenvalue weighted by atomic mass is 10.1. The zero-order chi connectivity index (χ0) is 8.91. The van der Waals surface area contributed by atoms with Gasteiger partial charge in [0.1, 0.15) is 5.41 Å². The van der Waals surface area contributed by atoms with Crippen LogP contribution >= 0.6 is 0 Å². The highest BCUT2D eigenvalue weighted by molar-refractivity contribution is 5.14. The number of alkyl halides is 5. The first-order valence-electron chi connectivity index (χ1n) is 2.91. The molecule has 0 saturated heterocycles. The van der Waals surface area contributed by atoms with Gasteiger partial charge in [0, 0.05) is 13.0 Å². The first kappa shape index (κ1) is 8.70. The quantitative estimate of drug-likeness (QED) is 0.601. The van der Waals surface area contributed by atoms with Crippen molar-refractivity contribution in [1.29, 1.82) is 0 Å². The molecular weight excluding hydrogens is 169 g/mol.